The maximum absolute atomic E-state index is 12.6. The lowest BCUT2D eigenvalue weighted by molar-refractivity contribution is -0.400. The second-order valence-electron chi connectivity index (χ2n) is 3.01. The van der Waals surface area contributed by atoms with E-state index in [1.165, 1.54) is 6.07 Å². The van der Waals surface area contributed by atoms with Crippen LogP contribution >= 0.6 is 0 Å². The molecule has 0 aromatic heterocycles. The minimum Gasteiger partial charge on any atom is -0.258 e. The van der Waals surface area contributed by atoms with Gasteiger partial charge >= 0.3 is 6.18 Å². The summed E-state index contributed by atoms with van der Waals surface area (Å²) in [5.41, 5.74) is -5.61. The Morgan fingerprint density at radius 1 is 1.11 bits per heavy atom. The fourth-order valence-corrected chi connectivity index (χ4v) is 1.25. The number of alkyl halides is 3. The van der Waals surface area contributed by atoms with Gasteiger partial charge in [-0.05, 0) is 0 Å². The van der Waals surface area contributed by atoms with Crippen molar-refractivity contribution in [2.75, 3.05) is 0 Å². The molecule has 0 amide bonds. The van der Waals surface area contributed by atoms with Crippen molar-refractivity contribution in [2.24, 2.45) is 0 Å². The van der Waals surface area contributed by atoms with Gasteiger partial charge < -0.3 is 0 Å². The largest absolute Gasteiger partial charge is 0.429 e. The number of nitro benzene ring substituents is 2. The third-order valence-electron chi connectivity index (χ3n) is 1.90. The molecule has 0 aliphatic heterocycles. The van der Waals surface area contributed by atoms with Gasteiger partial charge in [-0.1, -0.05) is 0 Å². The molecule has 0 spiro atoms. The molecule has 94 valence electrons. The molecule has 18 heavy (non-hydrogen) atoms. The number of nitrogens with zero attached hydrogens (tertiary/aromatic N) is 3. The summed E-state index contributed by atoms with van der Waals surface area (Å²) in [4.78, 5) is 18.1. The van der Waals surface area contributed by atoms with Crippen LogP contribution in [0.5, 0.6) is 0 Å². The number of nitro groups is 2. The highest BCUT2D eigenvalue weighted by Gasteiger charge is 2.46. The molecule has 0 aliphatic rings. The van der Waals surface area contributed by atoms with E-state index in [2.05, 4.69) is 0 Å². The molecule has 0 saturated heterocycles. The predicted octanol–water partition coefficient (Wildman–Crippen LogP) is 2.39. The fourth-order valence-electron chi connectivity index (χ4n) is 1.25. The van der Waals surface area contributed by atoms with Crippen molar-refractivity contribution in [3.63, 3.8) is 0 Å². The van der Waals surface area contributed by atoms with Gasteiger partial charge in [0, 0.05) is 12.1 Å². The van der Waals surface area contributed by atoms with Crippen LogP contribution in [-0.2, 0) is 6.18 Å². The minimum absolute atomic E-state index is 0.343. The highest BCUT2D eigenvalue weighted by atomic mass is 19.4. The van der Waals surface area contributed by atoms with Crippen molar-refractivity contribution in [2.45, 2.75) is 6.18 Å². The molecule has 1 rings (SSSR count). The van der Waals surface area contributed by atoms with Crippen LogP contribution in [0, 0.1) is 31.6 Å². The van der Waals surface area contributed by atoms with Crippen LogP contribution in [0.3, 0.4) is 0 Å². The Kier molecular flexibility index (Phi) is 3.18. The van der Waals surface area contributed by atoms with Crippen LogP contribution in [0.4, 0.5) is 24.5 Å². The fraction of sp³-hybridized carbons (Fsp3) is 0.125. The van der Waals surface area contributed by atoms with E-state index in [1.54, 1.807) is 0 Å². The van der Waals surface area contributed by atoms with Crippen LogP contribution in [0.1, 0.15) is 11.1 Å². The summed E-state index contributed by atoms with van der Waals surface area (Å²) in [6, 6.07) is 2.01. The number of hydrogen-bond donors (Lipinski definition) is 0. The molecule has 0 N–H and O–H groups in total. The summed E-state index contributed by atoms with van der Waals surface area (Å²) in [5, 5.41) is 29.4. The molecule has 7 nitrogen and oxygen atoms in total. The van der Waals surface area contributed by atoms with Gasteiger partial charge in [-0.2, -0.15) is 18.4 Å². The predicted molar refractivity (Wildman–Crippen MR) is 49.5 cm³/mol. The van der Waals surface area contributed by atoms with E-state index in [-0.39, 0.29) is 0 Å². The summed E-state index contributed by atoms with van der Waals surface area (Å²) in [5.74, 6) is 0. The summed E-state index contributed by atoms with van der Waals surface area (Å²) in [6.07, 6.45) is -5.27. The normalized spacial score (nSPS) is 10.8. The topological polar surface area (TPSA) is 110 Å². The lowest BCUT2D eigenvalue weighted by Crippen LogP contribution is -2.12. The molecule has 0 heterocycles. The Labute approximate surface area is 96.4 Å². The lowest BCUT2D eigenvalue weighted by Gasteiger charge is -2.08. The van der Waals surface area contributed by atoms with Crippen molar-refractivity contribution in [3.8, 4) is 6.07 Å². The lowest BCUT2D eigenvalue weighted by atomic mass is 10.1. The second kappa shape index (κ2) is 4.28. The highest BCUT2D eigenvalue weighted by molar-refractivity contribution is 5.60. The molecule has 0 atom stereocenters. The molecule has 0 bridgehead atoms. The summed E-state index contributed by atoms with van der Waals surface area (Å²) >= 11 is 0. The number of nitriles is 1. The first kappa shape index (κ1) is 13.4. The van der Waals surface area contributed by atoms with E-state index in [0.717, 1.165) is 0 Å². The molecule has 1 aromatic rings. The van der Waals surface area contributed by atoms with Crippen LogP contribution in [-0.4, -0.2) is 9.85 Å². The van der Waals surface area contributed by atoms with Crippen molar-refractivity contribution in [1.29, 1.82) is 5.26 Å². The second-order valence-corrected chi connectivity index (χ2v) is 3.01. The van der Waals surface area contributed by atoms with Gasteiger partial charge in [0.2, 0.25) is 5.56 Å². The zero-order chi connectivity index (χ0) is 14.1. The first-order valence-corrected chi connectivity index (χ1v) is 4.12. The van der Waals surface area contributed by atoms with Crippen molar-refractivity contribution >= 4 is 11.4 Å². The quantitative estimate of drug-likeness (QED) is 0.599. The summed E-state index contributed by atoms with van der Waals surface area (Å²) < 4.78 is 37.7. The van der Waals surface area contributed by atoms with E-state index in [9.17, 15) is 33.4 Å². The van der Waals surface area contributed by atoms with Gasteiger partial charge in [0.15, 0.2) is 0 Å². The average Bonchev–Trinajstić information content (AvgIpc) is 2.25. The Morgan fingerprint density at radius 3 is 1.72 bits per heavy atom. The Bertz CT molecular complexity index is 541. The van der Waals surface area contributed by atoms with Gasteiger partial charge in [-0.25, -0.2) is 0 Å². The van der Waals surface area contributed by atoms with E-state index < -0.39 is 38.5 Å². The van der Waals surface area contributed by atoms with E-state index in [4.69, 9.17) is 5.26 Å². The van der Waals surface area contributed by atoms with Crippen LogP contribution in [0.2, 0.25) is 0 Å². The Hall–Kier alpha value is -2.70. The smallest absolute Gasteiger partial charge is 0.258 e. The monoisotopic (exact) mass is 261 g/mol. The number of benzene rings is 1. The molecule has 0 fully saturated rings. The standard InChI is InChI=1S/C8H2F3N3O4/c9-8(10,11)7-5(13(15)16)1-4(3-12)2-6(7)14(17)18/h1-2H. The first-order valence-electron chi connectivity index (χ1n) is 4.12. The van der Waals surface area contributed by atoms with Crippen LogP contribution < -0.4 is 0 Å². The average molecular weight is 261 g/mol. The van der Waals surface area contributed by atoms with Gasteiger partial charge in [0.1, 0.15) is 0 Å². The summed E-state index contributed by atoms with van der Waals surface area (Å²) in [6.45, 7) is 0. The Balaban J connectivity index is 3.79. The molecule has 0 unspecified atom stereocenters. The maximum Gasteiger partial charge on any atom is 0.429 e. The third-order valence-corrected chi connectivity index (χ3v) is 1.90. The zero-order valence-electron chi connectivity index (χ0n) is 8.26. The molecule has 0 aliphatic carbocycles. The highest BCUT2D eigenvalue weighted by Crippen LogP contribution is 2.42. The van der Waals surface area contributed by atoms with Crippen molar-refractivity contribution in [1.82, 2.24) is 0 Å². The molecular formula is C8H2F3N3O4. The van der Waals surface area contributed by atoms with Gasteiger partial charge in [-0.15, -0.1) is 0 Å². The van der Waals surface area contributed by atoms with E-state index >= 15 is 0 Å². The number of halogens is 3. The molecular weight excluding hydrogens is 259 g/mol. The van der Waals surface area contributed by atoms with Gasteiger partial charge in [-0.3, -0.25) is 20.2 Å². The maximum atomic E-state index is 12.6. The number of rotatable bonds is 2. The molecule has 0 radical (unpaired) electrons. The zero-order valence-corrected chi connectivity index (χ0v) is 8.26. The van der Waals surface area contributed by atoms with Crippen molar-refractivity contribution < 1.29 is 23.0 Å². The van der Waals surface area contributed by atoms with E-state index in [1.807, 2.05) is 0 Å². The van der Waals surface area contributed by atoms with Crippen LogP contribution in [0.25, 0.3) is 0 Å². The Morgan fingerprint density at radius 2 is 1.50 bits per heavy atom. The van der Waals surface area contributed by atoms with Crippen LogP contribution in [0.15, 0.2) is 12.1 Å². The van der Waals surface area contributed by atoms with Gasteiger partial charge in [0.25, 0.3) is 11.4 Å². The first-order chi connectivity index (χ1) is 8.18. The molecule has 0 saturated carbocycles. The molecule has 1 aromatic carbocycles. The van der Waals surface area contributed by atoms with Crippen molar-refractivity contribution in [3.05, 3.63) is 43.5 Å². The summed E-state index contributed by atoms with van der Waals surface area (Å²) in [7, 11) is 0. The van der Waals surface area contributed by atoms with Gasteiger partial charge in [0.05, 0.1) is 21.5 Å². The minimum atomic E-state index is -5.27. The SMILES string of the molecule is N#Cc1cc([N+](=O)[O-])c(C(F)(F)F)c([N+](=O)[O-])c1. The van der Waals surface area contributed by atoms with E-state index in [0.29, 0.717) is 12.1 Å². The third kappa shape index (κ3) is 2.34. The molecule has 10 heteroatoms. The number of hydrogen-bond acceptors (Lipinski definition) is 5.